The van der Waals surface area contributed by atoms with Gasteiger partial charge in [-0.2, -0.15) is 0 Å². The summed E-state index contributed by atoms with van der Waals surface area (Å²) in [4.78, 5) is 0. The van der Waals surface area contributed by atoms with Crippen LogP contribution in [-0.2, 0) is 9.47 Å². The Hall–Kier alpha value is -1.12. The lowest BCUT2D eigenvalue weighted by Gasteiger charge is -2.23. The first kappa shape index (κ1) is 41.1. The Kier molecular flexibility index (Phi) is 24.8. The second kappa shape index (κ2) is 27.8. The van der Waals surface area contributed by atoms with E-state index in [-0.39, 0.29) is 18.5 Å². The van der Waals surface area contributed by atoms with Crippen LogP contribution in [0.5, 0.6) is 0 Å². The lowest BCUT2D eigenvalue weighted by Crippen LogP contribution is -2.24. The quantitative estimate of drug-likeness (QED) is 0.139. The highest BCUT2D eigenvalue weighted by Crippen LogP contribution is 2.30. The average Bonchev–Trinajstić information content (AvgIpc) is 3.65. The Morgan fingerprint density at radius 2 is 0.761 bits per heavy atom. The molecular weight excluding hydrogens is 560 g/mol. The summed E-state index contributed by atoms with van der Waals surface area (Å²) in [6, 6.07) is 0. The summed E-state index contributed by atoms with van der Waals surface area (Å²) in [7, 11) is 0. The molecule has 2 nitrogen and oxygen atoms in total. The number of hydrogen-bond acceptors (Lipinski definition) is 2. The first-order valence-electron chi connectivity index (χ1n) is 20.6. The molecule has 266 valence electrons. The minimum Gasteiger partial charge on any atom is -0.350 e. The van der Waals surface area contributed by atoms with E-state index in [0.717, 1.165) is 6.42 Å². The van der Waals surface area contributed by atoms with Crippen molar-refractivity contribution in [1.82, 2.24) is 0 Å². The third-order valence-corrected chi connectivity index (χ3v) is 9.88. The van der Waals surface area contributed by atoms with Crippen LogP contribution in [0.4, 0.5) is 0 Å². The Morgan fingerprint density at radius 1 is 0.435 bits per heavy atom. The summed E-state index contributed by atoms with van der Waals surface area (Å²) >= 11 is 0. The van der Waals surface area contributed by atoms with E-state index in [1.807, 2.05) is 0 Å². The van der Waals surface area contributed by atoms with Crippen molar-refractivity contribution in [3.8, 4) is 0 Å². The molecule has 0 N–H and O–H groups in total. The van der Waals surface area contributed by atoms with Crippen molar-refractivity contribution in [2.24, 2.45) is 0 Å². The summed E-state index contributed by atoms with van der Waals surface area (Å²) in [5, 5.41) is 0. The predicted octanol–water partition coefficient (Wildman–Crippen LogP) is 14.8. The molecule has 0 aromatic heterocycles. The van der Waals surface area contributed by atoms with E-state index in [2.05, 4.69) is 58.9 Å². The van der Waals surface area contributed by atoms with Gasteiger partial charge in [-0.3, -0.25) is 0 Å². The fourth-order valence-electron chi connectivity index (χ4n) is 7.27. The summed E-state index contributed by atoms with van der Waals surface area (Å²) < 4.78 is 11.6. The molecule has 0 heterocycles. The van der Waals surface area contributed by atoms with Crippen LogP contribution in [0.3, 0.4) is 0 Å². The molecule has 0 saturated carbocycles. The largest absolute Gasteiger partial charge is 0.350 e. The molecule has 0 aromatic rings. The molecule has 0 bridgehead atoms. The van der Waals surface area contributed by atoms with Crippen LogP contribution in [0.25, 0.3) is 0 Å². The van der Waals surface area contributed by atoms with Crippen molar-refractivity contribution in [2.75, 3.05) is 0 Å². The maximum atomic E-state index is 5.78. The van der Waals surface area contributed by atoms with Gasteiger partial charge in [0.15, 0.2) is 6.29 Å². The van der Waals surface area contributed by atoms with E-state index in [4.69, 9.17) is 9.47 Å². The number of ether oxygens (including phenoxy) is 2. The lowest BCUT2D eigenvalue weighted by molar-refractivity contribution is -0.184. The molecule has 4 aliphatic carbocycles. The van der Waals surface area contributed by atoms with Gasteiger partial charge in [-0.25, -0.2) is 0 Å². The third kappa shape index (κ3) is 21.0. The van der Waals surface area contributed by atoms with Crippen molar-refractivity contribution in [3.05, 3.63) is 46.6 Å². The molecule has 0 amide bonds. The van der Waals surface area contributed by atoms with Gasteiger partial charge in [0.25, 0.3) is 0 Å². The smallest absolute Gasteiger partial charge is 0.158 e. The van der Waals surface area contributed by atoms with E-state index < -0.39 is 0 Å². The van der Waals surface area contributed by atoms with Crippen LogP contribution in [0.15, 0.2) is 46.6 Å². The van der Waals surface area contributed by atoms with Gasteiger partial charge in [0.2, 0.25) is 0 Å². The molecular formula is C44H78O2. The highest BCUT2D eigenvalue weighted by atomic mass is 16.7. The zero-order chi connectivity index (χ0) is 33.1. The van der Waals surface area contributed by atoms with E-state index in [1.54, 1.807) is 22.3 Å². The Labute approximate surface area is 288 Å². The van der Waals surface area contributed by atoms with Crippen LogP contribution < -0.4 is 0 Å². The summed E-state index contributed by atoms with van der Waals surface area (Å²) in [6.07, 6.45) is 48.8. The molecule has 0 aliphatic heterocycles. The van der Waals surface area contributed by atoms with Crippen molar-refractivity contribution >= 4 is 0 Å². The number of hydrogen-bond donors (Lipinski definition) is 0. The maximum absolute atomic E-state index is 5.78. The molecule has 0 saturated heterocycles. The van der Waals surface area contributed by atoms with Crippen LogP contribution >= 0.6 is 0 Å². The molecule has 4 aliphatic rings. The van der Waals surface area contributed by atoms with Gasteiger partial charge in [0, 0.05) is 0 Å². The topological polar surface area (TPSA) is 18.5 Å². The minimum absolute atomic E-state index is 0.0133. The Morgan fingerprint density at radius 3 is 1.09 bits per heavy atom. The van der Waals surface area contributed by atoms with E-state index >= 15 is 0 Å². The minimum atomic E-state index is -0.0133. The standard InChI is InChI=1S/C16H34O2.2C14H22/c1-6-7-8-9-10-11-12-13-16(17-14(2)3)18-15(4)5;2*1-2-6-10-13(9-5-1)14-11-7-3-4-8-12-14/h14-16H,6-13H2,1-5H3;2*9,11H,1-8,10,12H2. The monoisotopic (exact) mass is 639 g/mol. The van der Waals surface area contributed by atoms with Gasteiger partial charge in [-0.15, -0.1) is 0 Å². The number of unbranched alkanes of at least 4 members (excludes halogenated alkanes) is 6. The normalized spacial score (nSPS) is 19.7. The SMILES string of the molecule is C1=C(C2=CCCCCC2)CCCCC1.C1=C(C2=CCCCCC2)CCCCC1.CCCCCCCCCC(OC(C)C)OC(C)C. The second-order valence-corrected chi connectivity index (χ2v) is 15.0. The second-order valence-electron chi connectivity index (χ2n) is 15.0. The number of rotatable bonds is 14. The molecule has 0 atom stereocenters. The van der Waals surface area contributed by atoms with Crippen molar-refractivity contribution in [1.29, 1.82) is 0 Å². The van der Waals surface area contributed by atoms with Crippen molar-refractivity contribution in [2.45, 2.75) is 233 Å². The molecule has 4 rings (SSSR count). The first-order chi connectivity index (χ1) is 22.5. The summed E-state index contributed by atoms with van der Waals surface area (Å²) in [5.74, 6) is 0. The van der Waals surface area contributed by atoms with E-state index in [9.17, 15) is 0 Å². The van der Waals surface area contributed by atoms with Crippen LogP contribution in [0.2, 0.25) is 0 Å². The summed E-state index contributed by atoms with van der Waals surface area (Å²) in [6.45, 7) is 10.5. The van der Waals surface area contributed by atoms with E-state index in [1.165, 1.54) is 173 Å². The molecule has 0 radical (unpaired) electrons. The molecule has 2 heteroatoms. The fraction of sp³-hybridized carbons (Fsp3) is 0.818. The zero-order valence-electron chi connectivity index (χ0n) is 31.7. The van der Waals surface area contributed by atoms with Gasteiger partial charge in [0.05, 0.1) is 12.2 Å². The fourth-order valence-corrected chi connectivity index (χ4v) is 7.27. The Bertz CT molecular complexity index is 743. The van der Waals surface area contributed by atoms with Gasteiger partial charge < -0.3 is 9.47 Å². The molecule has 46 heavy (non-hydrogen) atoms. The number of allylic oxidation sites excluding steroid dienone is 8. The predicted molar refractivity (Wildman–Crippen MR) is 204 cm³/mol. The van der Waals surface area contributed by atoms with Crippen molar-refractivity contribution < 1.29 is 9.47 Å². The molecule has 0 fully saturated rings. The van der Waals surface area contributed by atoms with Gasteiger partial charge >= 0.3 is 0 Å². The first-order valence-corrected chi connectivity index (χ1v) is 20.6. The van der Waals surface area contributed by atoms with Crippen LogP contribution in [-0.4, -0.2) is 18.5 Å². The molecule has 0 spiro atoms. The third-order valence-electron chi connectivity index (χ3n) is 9.88. The highest BCUT2D eigenvalue weighted by molar-refractivity contribution is 5.32. The van der Waals surface area contributed by atoms with Gasteiger partial charge in [-0.1, -0.05) is 95.4 Å². The molecule has 0 aromatic carbocycles. The van der Waals surface area contributed by atoms with Gasteiger partial charge in [-0.05, 0) is 166 Å². The maximum Gasteiger partial charge on any atom is 0.158 e. The van der Waals surface area contributed by atoms with Crippen LogP contribution in [0, 0.1) is 0 Å². The Balaban J connectivity index is 0.000000242. The molecule has 0 unspecified atom stereocenters. The van der Waals surface area contributed by atoms with Crippen molar-refractivity contribution in [3.63, 3.8) is 0 Å². The average molecular weight is 639 g/mol. The highest BCUT2D eigenvalue weighted by Gasteiger charge is 2.13. The summed E-state index contributed by atoms with van der Waals surface area (Å²) in [5.41, 5.74) is 6.79. The van der Waals surface area contributed by atoms with Crippen LogP contribution in [0.1, 0.15) is 214 Å². The zero-order valence-corrected chi connectivity index (χ0v) is 31.7. The van der Waals surface area contributed by atoms with E-state index in [0.29, 0.717) is 0 Å². The van der Waals surface area contributed by atoms with Gasteiger partial charge in [0.1, 0.15) is 0 Å². The lowest BCUT2D eigenvalue weighted by atomic mass is 9.97.